The molecule has 1 aromatic carbocycles. The van der Waals surface area contributed by atoms with Gasteiger partial charge in [0.25, 0.3) is 0 Å². The fourth-order valence-corrected chi connectivity index (χ4v) is 2.34. The summed E-state index contributed by atoms with van der Waals surface area (Å²) in [5.74, 6) is 1.70. The van der Waals surface area contributed by atoms with E-state index in [-0.39, 0.29) is 17.8 Å². The van der Waals surface area contributed by atoms with Gasteiger partial charge in [-0.05, 0) is 36.6 Å². The van der Waals surface area contributed by atoms with Crippen LogP contribution < -0.4 is 9.47 Å². The van der Waals surface area contributed by atoms with E-state index in [0.717, 1.165) is 22.4 Å². The molecule has 2 rings (SSSR count). The SMILES string of the molecule is C=C1C=C(C)c2ccc(OC(=O)C(C)C)c(C(C)C)c2O1. The molecule has 1 aliphatic rings. The molecule has 0 saturated carbocycles. The minimum Gasteiger partial charge on any atom is -0.457 e. The smallest absolute Gasteiger partial charge is 0.313 e. The fourth-order valence-electron chi connectivity index (χ4n) is 2.34. The average Bonchev–Trinajstić information content (AvgIpc) is 2.37. The van der Waals surface area contributed by atoms with Crippen molar-refractivity contribution in [2.75, 3.05) is 0 Å². The molecule has 0 fully saturated rings. The molecule has 0 saturated heterocycles. The molecule has 0 amide bonds. The Morgan fingerprint density at radius 1 is 1.24 bits per heavy atom. The topological polar surface area (TPSA) is 35.5 Å². The highest BCUT2D eigenvalue weighted by molar-refractivity contribution is 5.79. The lowest BCUT2D eigenvalue weighted by Crippen LogP contribution is -2.17. The normalized spacial score (nSPS) is 13.9. The predicted octanol–water partition coefficient (Wildman–Crippen LogP) is 4.68. The summed E-state index contributed by atoms with van der Waals surface area (Å²) < 4.78 is 11.4. The first-order valence-electron chi connectivity index (χ1n) is 7.25. The van der Waals surface area contributed by atoms with Crippen molar-refractivity contribution >= 4 is 11.5 Å². The maximum atomic E-state index is 11.9. The zero-order valence-electron chi connectivity index (χ0n) is 13.3. The molecule has 0 unspecified atom stereocenters. The lowest BCUT2D eigenvalue weighted by Gasteiger charge is -2.24. The van der Waals surface area contributed by atoms with Crippen molar-refractivity contribution in [3.63, 3.8) is 0 Å². The summed E-state index contributed by atoms with van der Waals surface area (Å²) in [6, 6.07) is 3.78. The monoisotopic (exact) mass is 286 g/mol. The Morgan fingerprint density at radius 2 is 1.90 bits per heavy atom. The molecule has 1 aromatic rings. The molecule has 3 nitrogen and oxygen atoms in total. The van der Waals surface area contributed by atoms with Gasteiger partial charge in [-0.3, -0.25) is 4.79 Å². The van der Waals surface area contributed by atoms with Crippen molar-refractivity contribution in [1.82, 2.24) is 0 Å². The Labute approximate surface area is 126 Å². The second kappa shape index (κ2) is 5.76. The zero-order valence-corrected chi connectivity index (χ0v) is 13.3. The van der Waals surface area contributed by atoms with Crippen molar-refractivity contribution < 1.29 is 14.3 Å². The number of carbonyl (C=O) groups is 1. The first kappa shape index (κ1) is 15.4. The molecular weight excluding hydrogens is 264 g/mol. The van der Waals surface area contributed by atoms with Crippen LogP contribution in [0.25, 0.3) is 5.57 Å². The molecule has 0 radical (unpaired) electrons. The summed E-state index contributed by atoms with van der Waals surface area (Å²) in [6.07, 6.45) is 1.91. The third-order valence-corrected chi connectivity index (χ3v) is 3.45. The van der Waals surface area contributed by atoms with E-state index in [9.17, 15) is 4.79 Å². The van der Waals surface area contributed by atoms with E-state index >= 15 is 0 Å². The predicted molar refractivity (Wildman–Crippen MR) is 84.4 cm³/mol. The number of carbonyl (C=O) groups excluding carboxylic acids is 1. The van der Waals surface area contributed by atoms with Crippen LogP contribution in [0.1, 0.15) is 51.7 Å². The molecule has 0 spiro atoms. The van der Waals surface area contributed by atoms with Crippen molar-refractivity contribution in [3.8, 4) is 11.5 Å². The van der Waals surface area contributed by atoms with Gasteiger partial charge in [-0.2, -0.15) is 0 Å². The van der Waals surface area contributed by atoms with Crippen molar-refractivity contribution in [3.05, 3.63) is 41.7 Å². The van der Waals surface area contributed by atoms with Gasteiger partial charge >= 0.3 is 5.97 Å². The van der Waals surface area contributed by atoms with Gasteiger partial charge in [-0.1, -0.05) is 34.3 Å². The van der Waals surface area contributed by atoms with E-state index in [1.807, 2.05) is 39.0 Å². The van der Waals surface area contributed by atoms with Crippen molar-refractivity contribution in [2.45, 2.75) is 40.5 Å². The van der Waals surface area contributed by atoms with Crippen LogP contribution in [0.4, 0.5) is 0 Å². The van der Waals surface area contributed by atoms with Crippen molar-refractivity contribution in [1.29, 1.82) is 0 Å². The summed E-state index contributed by atoms with van der Waals surface area (Å²) in [5, 5.41) is 0. The first-order valence-corrected chi connectivity index (χ1v) is 7.25. The maximum absolute atomic E-state index is 11.9. The van der Waals surface area contributed by atoms with Crippen LogP contribution in [0.5, 0.6) is 11.5 Å². The van der Waals surface area contributed by atoms with Gasteiger partial charge < -0.3 is 9.47 Å². The zero-order chi connectivity index (χ0) is 15.7. The molecule has 1 heterocycles. The molecule has 21 heavy (non-hydrogen) atoms. The Balaban J connectivity index is 2.55. The van der Waals surface area contributed by atoms with Gasteiger partial charge in [0.2, 0.25) is 0 Å². The maximum Gasteiger partial charge on any atom is 0.313 e. The van der Waals surface area contributed by atoms with E-state index in [0.29, 0.717) is 11.5 Å². The van der Waals surface area contributed by atoms with Gasteiger partial charge in [0.05, 0.1) is 5.92 Å². The first-order chi connectivity index (χ1) is 9.81. The minimum absolute atomic E-state index is 0.168. The van der Waals surface area contributed by atoms with Crippen LogP contribution in [-0.2, 0) is 4.79 Å². The molecule has 0 N–H and O–H groups in total. The Kier molecular flexibility index (Phi) is 4.21. The largest absolute Gasteiger partial charge is 0.457 e. The van der Waals surface area contributed by atoms with Crippen LogP contribution >= 0.6 is 0 Å². The Hall–Kier alpha value is -2.03. The number of allylic oxidation sites excluding steroid dienone is 2. The van der Waals surface area contributed by atoms with E-state index in [4.69, 9.17) is 9.47 Å². The van der Waals surface area contributed by atoms with Crippen LogP contribution in [-0.4, -0.2) is 5.97 Å². The lowest BCUT2D eigenvalue weighted by molar-refractivity contribution is -0.137. The summed E-state index contributed by atoms with van der Waals surface area (Å²) in [5.41, 5.74) is 3.04. The number of esters is 1. The van der Waals surface area contributed by atoms with E-state index in [1.165, 1.54) is 0 Å². The van der Waals surface area contributed by atoms with Crippen molar-refractivity contribution in [2.24, 2.45) is 5.92 Å². The molecule has 0 aromatic heterocycles. The number of rotatable bonds is 3. The molecule has 0 bridgehead atoms. The number of fused-ring (bicyclic) bond motifs is 1. The highest BCUT2D eigenvalue weighted by Crippen LogP contribution is 2.43. The number of hydrogen-bond donors (Lipinski definition) is 0. The van der Waals surface area contributed by atoms with E-state index in [1.54, 1.807) is 0 Å². The minimum atomic E-state index is -0.237. The summed E-state index contributed by atoms with van der Waals surface area (Å²) in [4.78, 5) is 11.9. The highest BCUT2D eigenvalue weighted by atomic mass is 16.5. The second-order valence-corrected chi connectivity index (χ2v) is 5.98. The third-order valence-electron chi connectivity index (χ3n) is 3.45. The fraction of sp³-hybridized carbons (Fsp3) is 0.389. The van der Waals surface area contributed by atoms with Crippen LogP contribution in [0, 0.1) is 5.92 Å². The molecular formula is C18H22O3. The quantitative estimate of drug-likeness (QED) is 0.598. The van der Waals surface area contributed by atoms with Gasteiger partial charge in [-0.25, -0.2) is 0 Å². The molecule has 1 aliphatic heterocycles. The second-order valence-electron chi connectivity index (χ2n) is 5.98. The van der Waals surface area contributed by atoms with E-state index < -0.39 is 0 Å². The van der Waals surface area contributed by atoms with Crippen LogP contribution in [0.2, 0.25) is 0 Å². The molecule has 0 atom stereocenters. The number of ether oxygens (including phenoxy) is 2. The average molecular weight is 286 g/mol. The van der Waals surface area contributed by atoms with Gasteiger partial charge in [0.15, 0.2) is 0 Å². The standard InChI is InChI=1S/C18H22O3/c1-10(2)16-15(21-18(19)11(3)4)8-7-14-12(5)9-13(6)20-17(14)16/h7-11H,6H2,1-5H3. The third kappa shape index (κ3) is 3.02. The molecule has 0 aliphatic carbocycles. The number of benzene rings is 1. The Morgan fingerprint density at radius 3 is 2.48 bits per heavy atom. The van der Waals surface area contributed by atoms with Gasteiger partial charge in [-0.15, -0.1) is 0 Å². The lowest BCUT2D eigenvalue weighted by atomic mass is 9.93. The molecule has 3 heteroatoms. The summed E-state index contributed by atoms with van der Waals surface area (Å²) in [7, 11) is 0. The number of hydrogen-bond acceptors (Lipinski definition) is 3. The highest BCUT2D eigenvalue weighted by Gasteiger charge is 2.24. The van der Waals surface area contributed by atoms with Crippen LogP contribution in [0.3, 0.4) is 0 Å². The summed E-state index contributed by atoms with van der Waals surface area (Å²) in [6.45, 7) is 13.7. The Bertz CT molecular complexity index is 622. The molecule has 112 valence electrons. The van der Waals surface area contributed by atoms with E-state index in [2.05, 4.69) is 20.4 Å². The van der Waals surface area contributed by atoms with Gasteiger partial charge in [0, 0.05) is 11.1 Å². The van der Waals surface area contributed by atoms with Crippen LogP contribution in [0.15, 0.2) is 30.5 Å². The van der Waals surface area contributed by atoms with Gasteiger partial charge in [0.1, 0.15) is 17.3 Å². The summed E-state index contributed by atoms with van der Waals surface area (Å²) >= 11 is 0.